The fourth-order valence-corrected chi connectivity index (χ4v) is 6.19. The first-order chi connectivity index (χ1) is 18.5. The summed E-state index contributed by atoms with van der Waals surface area (Å²) in [4.78, 5) is 26.8. The van der Waals surface area contributed by atoms with Crippen LogP contribution in [0.25, 0.3) is 0 Å². The number of sulfonamides is 1. The van der Waals surface area contributed by atoms with Crippen LogP contribution < -0.4 is 14.9 Å². The maximum Gasteiger partial charge on any atom is 0.251 e. The molecule has 0 spiro atoms. The van der Waals surface area contributed by atoms with Crippen molar-refractivity contribution < 1.29 is 18.0 Å². The topological polar surface area (TPSA) is 98.8 Å². The lowest BCUT2D eigenvalue weighted by atomic mass is 9.93. The van der Waals surface area contributed by atoms with E-state index in [-0.39, 0.29) is 23.6 Å². The number of likely N-dealkylation sites (tertiary alicyclic amines) is 1. The van der Waals surface area contributed by atoms with Gasteiger partial charge in [-0.2, -0.15) is 0 Å². The molecule has 1 aliphatic rings. The van der Waals surface area contributed by atoms with Gasteiger partial charge >= 0.3 is 0 Å². The fraction of sp³-hybridized carbons (Fsp3) is 0.286. The molecule has 1 fully saturated rings. The maximum absolute atomic E-state index is 13.0. The number of benzene rings is 3. The van der Waals surface area contributed by atoms with Crippen molar-refractivity contribution in [3.05, 3.63) is 99.5 Å². The minimum absolute atomic E-state index is 0.125. The van der Waals surface area contributed by atoms with E-state index in [1.807, 2.05) is 48.5 Å². The van der Waals surface area contributed by atoms with Gasteiger partial charge in [0.2, 0.25) is 15.9 Å². The molecule has 0 unspecified atom stereocenters. The van der Waals surface area contributed by atoms with Crippen molar-refractivity contribution in [3.8, 4) is 0 Å². The predicted octanol–water partition coefficient (Wildman–Crippen LogP) is 4.10. The van der Waals surface area contributed by atoms with Crippen molar-refractivity contribution in [1.29, 1.82) is 0 Å². The Morgan fingerprint density at radius 1 is 0.949 bits per heavy atom. The summed E-state index contributed by atoms with van der Waals surface area (Å²) in [6, 6.07) is 20.4. The number of nitrogens with zero attached hydrogens (tertiary/aromatic N) is 2. The summed E-state index contributed by atoms with van der Waals surface area (Å²) >= 11 is 12.3. The van der Waals surface area contributed by atoms with E-state index >= 15 is 0 Å². The summed E-state index contributed by atoms with van der Waals surface area (Å²) in [7, 11) is -2.19. The SMILES string of the molecule is CNC(=O)[C@H](C)NC(=O)c1cccc(N(C2CN(C(c3ccc(Cl)cc3)c3ccc(Cl)cc3)C2)S(C)(=O)=O)c1. The molecule has 2 amide bonds. The highest BCUT2D eigenvalue weighted by Crippen LogP contribution is 2.36. The molecule has 0 radical (unpaired) electrons. The second-order valence-corrected chi connectivity index (χ2v) is 12.3. The number of rotatable bonds is 9. The summed E-state index contributed by atoms with van der Waals surface area (Å²) in [6.07, 6.45) is 1.16. The molecule has 3 aromatic carbocycles. The zero-order valence-corrected chi connectivity index (χ0v) is 24.1. The molecule has 1 saturated heterocycles. The summed E-state index contributed by atoms with van der Waals surface area (Å²) in [5.41, 5.74) is 2.69. The predicted molar refractivity (Wildman–Crippen MR) is 155 cm³/mol. The van der Waals surface area contributed by atoms with Crippen LogP contribution in [-0.4, -0.2) is 63.6 Å². The lowest BCUT2D eigenvalue weighted by molar-refractivity contribution is -0.122. The van der Waals surface area contributed by atoms with Gasteiger partial charge in [0.1, 0.15) is 6.04 Å². The molecule has 3 aromatic rings. The molecule has 206 valence electrons. The quantitative estimate of drug-likeness (QED) is 0.392. The van der Waals surface area contributed by atoms with E-state index in [0.29, 0.717) is 28.8 Å². The Bertz CT molecular complexity index is 1400. The third kappa shape index (κ3) is 6.73. The van der Waals surface area contributed by atoms with Gasteiger partial charge in [-0.25, -0.2) is 8.42 Å². The molecule has 1 atom stereocenters. The Labute approximate surface area is 238 Å². The summed E-state index contributed by atoms with van der Waals surface area (Å²) in [6.45, 7) is 2.50. The first-order valence-corrected chi connectivity index (χ1v) is 14.9. The number of hydrogen-bond donors (Lipinski definition) is 2. The zero-order chi connectivity index (χ0) is 28.3. The van der Waals surface area contributed by atoms with Crippen molar-refractivity contribution in [1.82, 2.24) is 15.5 Å². The molecule has 1 aliphatic heterocycles. The Morgan fingerprint density at radius 3 is 1.97 bits per heavy atom. The zero-order valence-electron chi connectivity index (χ0n) is 21.8. The van der Waals surface area contributed by atoms with Crippen molar-refractivity contribution in [3.63, 3.8) is 0 Å². The number of amides is 2. The lowest BCUT2D eigenvalue weighted by Gasteiger charge is -2.48. The van der Waals surface area contributed by atoms with E-state index in [0.717, 1.165) is 17.4 Å². The van der Waals surface area contributed by atoms with Crippen molar-refractivity contribution >= 4 is 50.7 Å². The van der Waals surface area contributed by atoms with Crippen LogP contribution in [0, 0.1) is 0 Å². The minimum Gasteiger partial charge on any atom is -0.357 e. The smallest absolute Gasteiger partial charge is 0.251 e. The Kier molecular flexibility index (Phi) is 8.86. The summed E-state index contributed by atoms with van der Waals surface area (Å²) in [5.74, 6) is -0.801. The Morgan fingerprint density at radius 2 is 1.49 bits per heavy atom. The van der Waals surface area contributed by atoms with Gasteiger partial charge in [0.25, 0.3) is 5.91 Å². The average Bonchev–Trinajstić information content (AvgIpc) is 2.88. The van der Waals surface area contributed by atoms with E-state index in [1.165, 1.54) is 17.4 Å². The number of halogens is 2. The van der Waals surface area contributed by atoms with Gasteiger partial charge in [-0.15, -0.1) is 0 Å². The molecular weight excluding hydrogens is 559 g/mol. The number of carbonyl (C=O) groups excluding carboxylic acids is 2. The highest BCUT2D eigenvalue weighted by atomic mass is 35.5. The van der Waals surface area contributed by atoms with E-state index in [4.69, 9.17) is 23.2 Å². The van der Waals surface area contributed by atoms with Gasteiger partial charge in [0, 0.05) is 35.7 Å². The molecule has 0 bridgehead atoms. The molecule has 1 heterocycles. The maximum atomic E-state index is 13.0. The fourth-order valence-electron chi connectivity index (χ4n) is 4.77. The highest BCUT2D eigenvalue weighted by molar-refractivity contribution is 7.92. The van der Waals surface area contributed by atoms with Crippen LogP contribution >= 0.6 is 23.2 Å². The van der Waals surface area contributed by atoms with Crippen molar-refractivity contribution in [2.45, 2.75) is 25.0 Å². The number of nitrogens with one attached hydrogen (secondary N) is 2. The van der Waals surface area contributed by atoms with Gasteiger partial charge in [-0.3, -0.25) is 18.8 Å². The standard InChI is InChI=1S/C28H30Cl2N4O4S/c1-18(27(35)31-2)32-28(36)21-5-4-6-24(15-21)34(39(3,37)38)25-16-33(17-25)26(19-7-11-22(29)12-8-19)20-9-13-23(30)14-10-20/h4-15,18,25-26H,16-17H2,1-3H3,(H,31,35)(H,32,36)/t18-/m0/s1. The van der Waals surface area contributed by atoms with Crippen LogP contribution in [0.4, 0.5) is 5.69 Å². The molecule has 0 aliphatic carbocycles. The van der Waals surface area contributed by atoms with Gasteiger partial charge in [-0.05, 0) is 60.5 Å². The van der Waals surface area contributed by atoms with Crippen LogP contribution in [-0.2, 0) is 14.8 Å². The van der Waals surface area contributed by atoms with Crippen molar-refractivity contribution in [2.24, 2.45) is 0 Å². The van der Waals surface area contributed by atoms with Crippen LogP contribution in [0.15, 0.2) is 72.8 Å². The summed E-state index contributed by atoms with van der Waals surface area (Å²) in [5, 5.41) is 6.38. The number of hydrogen-bond acceptors (Lipinski definition) is 5. The second kappa shape index (κ2) is 12.0. The molecule has 11 heteroatoms. The first kappa shape index (κ1) is 28.9. The van der Waals surface area contributed by atoms with Crippen LogP contribution in [0.1, 0.15) is 34.5 Å². The van der Waals surface area contributed by atoms with Gasteiger partial charge in [0.05, 0.1) is 24.0 Å². The van der Waals surface area contributed by atoms with E-state index in [2.05, 4.69) is 15.5 Å². The number of anilines is 1. The normalized spacial score (nSPS) is 14.9. The third-order valence-corrected chi connectivity index (χ3v) is 8.39. The lowest BCUT2D eigenvalue weighted by Crippen LogP contribution is -2.61. The van der Waals surface area contributed by atoms with Crippen LogP contribution in [0.3, 0.4) is 0 Å². The average molecular weight is 590 g/mol. The highest BCUT2D eigenvalue weighted by Gasteiger charge is 2.40. The monoisotopic (exact) mass is 588 g/mol. The van der Waals surface area contributed by atoms with Crippen LogP contribution in [0.2, 0.25) is 10.0 Å². The molecule has 8 nitrogen and oxygen atoms in total. The molecule has 4 rings (SSSR count). The van der Waals surface area contributed by atoms with Gasteiger partial charge in [0.15, 0.2) is 0 Å². The molecular formula is C28H30Cl2N4O4S. The first-order valence-electron chi connectivity index (χ1n) is 12.3. The van der Waals surface area contributed by atoms with E-state index < -0.39 is 22.0 Å². The Hall–Kier alpha value is -3.11. The van der Waals surface area contributed by atoms with Gasteiger partial charge < -0.3 is 10.6 Å². The second-order valence-electron chi connectivity index (χ2n) is 9.53. The van der Waals surface area contributed by atoms with Gasteiger partial charge in [-0.1, -0.05) is 53.5 Å². The molecule has 0 saturated carbocycles. The number of carbonyl (C=O) groups is 2. The minimum atomic E-state index is -3.67. The number of likely N-dealkylation sites (N-methyl/N-ethyl adjacent to an activating group) is 1. The summed E-state index contributed by atoms with van der Waals surface area (Å²) < 4.78 is 27.3. The van der Waals surface area contributed by atoms with E-state index in [9.17, 15) is 18.0 Å². The Balaban J connectivity index is 1.58. The van der Waals surface area contributed by atoms with Crippen molar-refractivity contribution in [2.75, 3.05) is 30.7 Å². The third-order valence-electron chi connectivity index (χ3n) is 6.67. The largest absolute Gasteiger partial charge is 0.357 e. The molecule has 0 aromatic heterocycles. The molecule has 2 N–H and O–H groups in total. The van der Waals surface area contributed by atoms with E-state index in [1.54, 1.807) is 25.1 Å². The van der Waals surface area contributed by atoms with Crippen LogP contribution in [0.5, 0.6) is 0 Å². The molecule has 39 heavy (non-hydrogen) atoms.